The smallest absolute Gasteiger partial charge is 0.185 e. The first-order valence-electron chi connectivity index (χ1n) is 5.09. The Balaban J connectivity index is 2.18. The summed E-state index contributed by atoms with van der Waals surface area (Å²) < 4.78 is 1.62. The van der Waals surface area contributed by atoms with Crippen molar-refractivity contribution in [3.8, 4) is 0 Å². The number of aromatic nitrogens is 3. The third-order valence-corrected chi connectivity index (χ3v) is 2.40. The summed E-state index contributed by atoms with van der Waals surface area (Å²) in [5, 5.41) is 4.16. The first-order chi connectivity index (χ1) is 7.66. The lowest BCUT2D eigenvalue weighted by Crippen LogP contribution is -2.09. The van der Waals surface area contributed by atoms with Gasteiger partial charge in [0, 0.05) is 25.9 Å². The highest BCUT2D eigenvalue weighted by molar-refractivity contribution is 5.96. The molecule has 2 rings (SSSR count). The fraction of sp³-hybridized carbons (Fsp3) is 0.250. The van der Waals surface area contributed by atoms with Gasteiger partial charge in [0.2, 0.25) is 0 Å². The topological polar surface area (TPSA) is 47.8 Å². The van der Waals surface area contributed by atoms with Crippen LogP contribution in [0.4, 0.5) is 0 Å². The molecule has 0 saturated heterocycles. The SMILES string of the molecule is Cc1cc(C(=O)Cc2ccncc2)n(C)n1. The van der Waals surface area contributed by atoms with Gasteiger partial charge < -0.3 is 0 Å². The number of pyridine rings is 1. The van der Waals surface area contributed by atoms with Gasteiger partial charge in [-0.25, -0.2) is 0 Å². The Labute approximate surface area is 93.9 Å². The summed E-state index contributed by atoms with van der Waals surface area (Å²) in [5.74, 6) is 0.0781. The molecule has 0 atom stereocenters. The van der Waals surface area contributed by atoms with Gasteiger partial charge in [0.15, 0.2) is 5.78 Å². The lowest BCUT2D eigenvalue weighted by molar-refractivity contribution is 0.0984. The average Bonchev–Trinajstić information content (AvgIpc) is 2.59. The van der Waals surface area contributed by atoms with Gasteiger partial charge in [0.1, 0.15) is 5.69 Å². The van der Waals surface area contributed by atoms with Crippen molar-refractivity contribution in [1.29, 1.82) is 0 Å². The van der Waals surface area contributed by atoms with Crippen LogP contribution in [-0.4, -0.2) is 20.5 Å². The van der Waals surface area contributed by atoms with Crippen LogP contribution in [0.25, 0.3) is 0 Å². The van der Waals surface area contributed by atoms with Crippen LogP contribution in [0.3, 0.4) is 0 Å². The number of hydrogen-bond acceptors (Lipinski definition) is 3. The average molecular weight is 215 g/mol. The van der Waals surface area contributed by atoms with E-state index in [-0.39, 0.29) is 5.78 Å². The predicted octanol–water partition coefficient (Wildman–Crippen LogP) is 1.55. The molecule has 0 aliphatic heterocycles. The van der Waals surface area contributed by atoms with Gasteiger partial charge in [-0.15, -0.1) is 0 Å². The van der Waals surface area contributed by atoms with E-state index in [4.69, 9.17) is 0 Å². The number of hydrogen-bond donors (Lipinski definition) is 0. The third kappa shape index (κ3) is 2.16. The number of Topliss-reactive ketones (excluding diaryl/α,β-unsaturated/α-hetero) is 1. The molecule has 0 unspecified atom stereocenters. The number of ketones is 1. The minimum Gasteiger partial charge on any atom is -0.292 e. The van der Waals surface area contributed by atoms with Crippen molar-refractivity contribution < 1.29 is 4.79 Å². The highest BCUT2D eigenvalue weighted by Gasteiger charge is 2.12. The van der Waals surface area contributed by atoms with Crippen molar-refractivity contribution in [1.82, 2.24) is 14.8 Å². The molecule has 0 radical (unpaired) electrons. The van der Waals surface area contributed by atoms with E-state index in [1.54, 1.807) is 24.1 Å². The zero-order valence-corrected chi connectivity index (χ0v) is 9.34. The number of nitrogens with zero attached hydrogens (tertiary/aromatic N) is 3. The van der Waals surface area contributed by atoms with E-state index in [1.165, 1.54) is 0 Å². The van der Waals surface area contributed by atoms with Gasteiger partial charge >= 0.3 is 0 Å². The van der Waals surface area contributed by atoms with E-state index >= 15 is 0 Å². The van der Waals surface area contributed by atoms with Gasteiger partial charge in [-0.1, -0.05) is 0 Å². The molecule has 0 aromatic carbocycles. The van der Waals surface area contributed by atoms with Gasteiger partial charge in [-0.05, 0) is 30.7 Å². The molecule has 0 spiro atoms. The van der Waals surface area contributed by atoms with E-state index in [0.29, 0.717) is 12.1 Å². The second-order valence-electron chi connectivity index (χ2n) is 3.75. The highest BCUT2D eigenvalue weighted by Crippen LogP contribution is 2.07. The van der Waals surface area contributed by atoms with Crippen LogP contribution in [0.1, 0.15) is 21.7 Å². The minimum atomic E-state index is 0.0781. The van der Waals surface area contributed by atoms with Crippen LogP contribution in [-0.2, 0) is 13.5 Å². The Morgan fingerprint density at radius 3 is 2.62 bits per heavy atom. The van der Waals surface area contributed by atoms with Crippen molar-refractivity contribution in [2.75, 3.05) is 0 Å². The van der Waals surface area contributed by atoms with E-state index in [9.17, 15) is 4.79 Å². The van der Waals surface area contributed by atoms with Gasteiger partial charge in [0.25, 0.3) is 0 Å². The highest BCUT2D eigenvalue weighted by atomic mass is 16.1. The molecule has 0 saturated carbocycles. The maximum Gasteiger partial charge on any atom is 0.185 e. The summed E-state index contributed by atoms with van der Waals surface area (Å²) in [7, 11) is 1.78. The predicted molar refractivity (Wildman–Crippen MR) is 60.2 cm³/mol. The lowest BCUT2D eigenvalue weighted by atomic mass is 10.1. The molecular weight excluding hydrogens is 202 g/mol. The third-order valence-electron chi connectivity index (χ3n) is 2.40. The first kappa shape index (κ1) is 10.5. The molecule has 0 bridgehead atoms. The molecule has 2 aromatic rings. The van der Waals surface area contributed by atoms with Crippen LogP contribution >= 0.6 is 0 Å². The maximum atomic E-state index is 12.0. The maximum absolute atomic E-state index is 12.0. The van der Waals surface area contributed by atoms with Crippen molar-refractivity contribution in [2.24, 2.45) is 7.05 Å². The molecule has 82 valence electrons. The lowest BCUT2D eigenvalue weighted by Gasteiger charge is -2.00. The molecule has 0 amide bonds. The summed E-state index contributed by atoms with van der Waals surface area (Å²) in [4.78, 5) is 15.9. The summed E-state index contributed by atoms with van der Waals surface area (Å²) in [6.45, 7) is 1.88. The molecule has 0 aliphatic carbocycles. The Morgan fingerprint density at radius 1 is 1.38 bits per heavy atom. The monoisotopic (exact) mass is 215 g/mol. The van der Waals surface area contributed by atoms with E-state index < -0.39 is 0 Å². The second-order valence-corrected chi connectivity index (χ2v) is 3.75. The van der Waals surface area contributed by atoms with Crippen LogP contribution in [0.15, 0.2) is 30.6 Å². The van der Waals surface area contributed by atoms with Crippen molar-refractivity contribution in [2.45, 2.75) is 13.3 Å². The van der Waals surface area contributed by atoms with E-state index in [0.717, 1.165) is 11.3 Å². The number of aryl methyl sites for hydroxylation is 2. The Kier molecular flexibility index (Phi) is 2.81. The van der Waals surface area contributed by atoms with Crippen molar-refractivity contribution >= 4 is 5.78 Å². The summed E-state index contributed by atoms with van der Waals surface area (Å²) in [6.07, 6.45) is 3.77. The largest absolute Gasteiger partial charge is 0.292 e. The van der Waals surface area contributed by atoms with Gasteiger partial charge in [0.05, 0.1) is 5.69 Å². The molecule has 0 aliphatic rings. The molecule has 16 heavy (non-hydrogen) atoms. The molecule has 4 nitrogen and oxygen atoms in total. The Bertz CT molecular complexity index is 502. The van der Waals surface area contributed by atoms with Crippen molar-refractivity contribution in [3.63, 3.8) is 0 Å². The number of rotatable bonds is 3. The molecule has 0 fully saturated rings. The zero-order chi connectivity index (χ0) is 11.5. The molecular formula is C12H13N3O. The number of carbonyl (C=O) groups excluding carboxylic acids is 1. The summed E-state index contributed by atoms with van der Waals surface area (Å²) >= 11 is 0. The Hall–Kier alpha value is -1.97. The van der Waals surface area contributed by atoms with E-state index in [1.807, 2.05) is 25.1 Å². The zero-order valence-electron chi connectivity index (χ0n) is 9.34. The van der Waals surface area contributed by atoms with Gasteiger partial charge in [-0.2, -0.15) is 5.10 Å². The standard InChI is InChI=1S/C12H13N3O/c1-9-7-11(15(2)14-9)12(16)8-10-3-5-13-6-4-10/h3-7H,8H2,1-2H3. The fourth-order valence-corrected chi connectivity index (χ4v) is 1.65. The normalized spacial score (nSPS) is 10.4. The summed E-state index contributed by atoms with van der Waals surface area (Å²) in [5.41, 5.74) is 2.48. The second kappa shape index (κ2) is 4.26. The van der Waals surface area contributed by atoms with Gasteiger partial charge in [-0.3, -0.25) is 14.5 Å². The summed E-state index contributed by atoms with van der Waals surface area (Å²) in [6, 6.07) is 5.51. The molecule has 4 heteroatoms. The Morgan fingerprint density at radius 2 is 2.06 bits per heavy atom. The van der Waals surface area contributed by atoms with E-state index in [2.05, 4.69) is 10.1 Å². The quantitative estimate of drug-likeness (QED) is 0.730. The van der Waals surface area contributed by atoms with Crippen LogP contribution in [0, 0.1) is 6.92 Å². The molecule has 0 N–H and O–H groups in total. The minimum absolute atomic E-state index is 0.0781. The number of carbonyl (C=O) groups is 1. The van der Waals surface area contributed by atoms with Crippen LogP contribution in [0.2, 0.25) is 0 Å². The van der Waals surface area contributed by atoms with Crippen LogP contribution in [0.5, 0.6) is 0 Å². The molecule has 2 aromatic heterocycles. The van der Waals surface area contributed by atoms with Crippen molar-refractivity contribution in [3.05, 3.63) is 47.5 Å². The fourth-order valence-electron chi connectivity index (χ4n) is 1.65. The van der Waals surface area contributed by atoms with Crippen LogP contribution < -0.4 is 0 Å². The molecule has 2 heterocycles. The first-order valence-corrected chi connectivity index (χ1v) is 5.09.